The van der Waals surface area contributed by atoms with Crippen molar-refractivity contribution in [2.45, 2.75) is 51.2 Å². The van der Waals surface area contributed by atoms with Gasteiger partial charge in [-0.3, -0.25) is 0 Å². The van der Waals surface area contributed by atoms with Crippen LogP contribution in [-0.4, -0.2) is 43.3 Å². The maximum absolute atomic E-state index is 12.8. The van der Waals surface area contributed by atoms with Gasteiger partial charge in [0.15, 0.2) is 0 Å². The number of alkyl halides is 3. The van der Waals surface area contributed by atoms with Crippen molar-refractivity contribution in [1.82, 2.24) is 10.2 Å². The number of likely N-dealkylation sites (tertiary alicyclic amines) is 1. The Hall–Kier alpha value is -0.290. The molecule has 2 aliphatic rings. The zero-order chi connectivity index (χ0) is 13.9. The number of nitrogens with zero attached hydrogens (tertiary/aromatic N) is 1. The Morgan fingerprint density at radius 2 is 1.95 bits per heavy atom. The maximum Gasteiger partial charge on any atom is 0.393 e. The first kappa shape index (κ1) is 15.1. The van der Waals surface area contributed by atoms with Gasteiger partial charge in [-0.05, 0) is 44.7 Å². The van der Waals surface area contributed by atoms with Gasteiger partial charge in [0.1, 0.15) is 0 Å². The van der Waals surface area contributed by atoms with E-state index in [4.69, 9.17) is 0 Å². The van der Waals surface area contributed by atoms with Gasteiger partial charge in [-0.1, -0.05) is 13.3 Å². The molecular weight excluding hydrogens is 253 g/mol. The summed E-state index contributed by atoms with van der Waals surface area (Å²) in [6.07, 6.45) is 0.512. The van der Waals surface area contributed by atoms with Crippen molar-refractivity contribution >= 4 is 0 Å². The van der Waals surface area contributed by atoms with Crippen molar-refractivity contribution in [2.75, 3.05) is 26.2 Å². The van der Waals surface area contributed by atoms with Gasteiger partial charge >= 0.3 is 6.18 Å². The Morgan fingerprint density at radius 1 is 1.16 bits per heavy atom. The Kier molecular flexibility index (Phi) is 5.12. The molecule has 2 fully saturated rings. The third-order valence-electron chi connectivity index (χ3n) is 4.59. The molecule has 112 valence electrons. The number of piperidine rings is 1. The highest BCUT2D eigenvalue weighted by Crippen LogP contribution is 2.34. The molecule has 1 heterocycles. The lowest BCUT2D eigenvalue weighted by atomic mass is 9.95. The summed E-state index contributed by atoms with van der Waals surface area (Å²) in [7, 11) is 0. The van der Waals surface area contributed by atoms with Crippen molar-refractivity contribution in [3.05, 3.63) is 0 Å². The Balaban J connectivity index is 1.85. The van der Waals surface area contributed by atoms with E-state index in [2.05, 4.69) is 12.2 Å². The van der Waals surface area contributed by atoms with Gasteiger partial charge in [-0.15, -0.1) is 0 Å². The van der Waals surface area contributed by atoms with Crippen molar-refractivity contribution in [1.29, 1.82) is 0 Å². The fourth-order valence-electron chi connectivity index (χ4n) is 3.61. The van der Waals surface area contributed by atoms with E-state index < -0.39 is 12.1 Å². The van der Waals surface area contributed by atoms with Gasteiger partial charge in [0.05, 0.1) is 5.92 Å². The lowest BCUT2D eigenvalue weighted by Crippen LogP contribution is -2.46. The molecule has 3 unspecified atom stereocenters. The van der Waals surface area contributed by atoms with E-state index in [1.165, 1.54) is 12.8 Å². The number of halogens is 3. The quantitative estimate of drug-likeness (QED) is 0.850. The standard InChI is InChI=1S/C14H25F3N2/c1-2-18-13-7-3-5-11(13)9-19-8-4-6-12(10-19)14(15,16)17/h11-13,18H,2-10H2,1H3. The predicted octanol–water partition coefficient (Wildman–Crippen LogP) is 3.04. The van der Waals surface area contributed by atoms with Crippen LogP contribution in [0, 0.1) is 11.8 Å². The summed E-state index contributed by atoms with van der Waals surface area (Å²) in [6, 6.07) is 0.510. The molecule has 1 aliphatic heterocycles. The topological polar surface area (TPSA) is 15.3 Å². The molecule has 0 spiro atoms. The highest BCUT2D eigenvalue weighted by molar-refractivity contribution is 4.87. The number of nitrogens with one attached hydrogen (secondary N) is 1. The molecule has 0 aromatic heterocycles. The molecule has 0 aromatic carbocycles. The predicted molar refractivity (Wildman–Crippen MR) is 70.0 cm³/mol. The molecule has 0 bridgehead atoms. The second-order valence-electron chi connectivity index (χ2n) is 6.00. The SMILES string of the molecule is CCNC1CCCC1CN1CCCC(C(F)(F)F)C1. The van der Waals surface area contributed by atoms with E-state index in [0.717, 1.165) is 26.1 Å². The fraction of sp³-hybridized carbons (Fsp3) is 1.00. The molecule has 5 heteroatoms. The normalized spacial score (nSPS) is 33.8. The highest BCUT2D eigenvalue weighted by atomic mass is 19.4. The van der Waals surface area contributed by atoms with Gasteiger partial charge in [-0.2, -0.15) is 13.2 Å². The lowest BCUT2D eigenvalue weighted by molar-refractivity contribution is -0.187. The Bertz CT molecular complexity index is 280. The smallest absolute Gasteiger partial charge is 0.314 e. The van der Waals surface area contributed by atoms with Crippen LogP contribution in [0.3, 0.4) is 0 Å². The molecule has 2 rings (SSSR count). The van der Waals surface area contributed by atoms with Crippen LogP contribution >= 0.6 is 0 Å². The van der Waals surface area contributed by atoms with Crippen LogP contribution in [0.1, 0.15) is 39.0 Å². The minimum atomic E-state index is -4.02. The third-order valence-corrected chi connectivity index (χ3v) is 4.59. The molecule has 1 saturated carbocycles. The molecule has 3 atom stereocenters. The molecule has 1 aliphatic carbocycles. The first-order valence-electron chi connectivity index (χ1n) is 7.53. The Labute approximate surface area is 113 Å². The summed E-state index contributed by atoms with van der Waals surface area (Å²) in [4.78, 5) is 2.04. The van der Waals surface area contributed by atoms with Crippen LogP contribution in [0.15, 0.2) is 0 Å². The van der Waals surface area contributed by atoms with E-state index in [1.54, 1.807) is 0 Å². The van der Waals surface area contributed by atoms with Gasteiger partial charge in [0.25, 0.3) is 0 Å². The molecule has 1 saturated heterocycles. The van der Waals surface area contributed by atoms with Gasteiger partial charge in [-0.25, -0.2) is 0 Å². The highest BCUT2D eigenvalue weighted by Gasteiger charge is 2.42. The third kappa shape index (κ3) is 4.09. The molecule has 2 nitrogen and oxygen atoms in total. The summed E-state index contributed by atoms with van der Waals surface area (Å²) in [5.74, 6) is -0.577. The first-order valence-corrected chi connectivity index (χ1v) is 7.53. The summed E-state index contributed by atoms with van der Waals surface area (Å²) in [5.41, 5.74) is 0. The zero-order valence-electron chi connectivity index (χ0n) is 11.7. The second-order valence-corrected chi connectivity index (χ2v) is 6.00. The second kappa shape index (κ2) is 6.44. The van der Waals surface area contributed by atoms with Crippen molar-refractivity contribution in [2.24, 2.45) is 11.8 Å². The molecule has 19 heavy (non-hydrogen) atoms. The van der Waals surface area contributed by atoms with E-state index in [9.17, 15) is 13.2 Å². The minimum Gasteiger partial charge on any atom is -0.314 e. The summed E-state index contributed by atoms with van der Waals surface area (Å²) >= 11 is 0. The molecule has 0 amide bonds. The largest absolute Gasteiger partial charge is 0.393 e. The minimum absolute atomic E-state index is 0.207. The van der Waals surface area contributed by atoms with E-state index >= 15 is 0 Å². The fourth-order valence-corrected chi connectivity index (χ4v) is 3.61. The van der Waals surface area contributed by atoms with E-state index in [0.29, 0.717) is 24.8 Å². The molecule has 0 aromatic rings. The van der Waals surface area contributed by atoms with E-state index in [-0.39, 0.29) is 6.54 Å². The van der Waals surface area contributed by atoms with Crippen LogP contribution in [0.4, 0.5) is 13.2 Å². The Morgan fingerprint density at radius 3 is 2.63 bits per heavy atom. The van der Waals surface area contributed by atoms with Gasteiger partial charge in [0.2, 0.25) is 0 Å². The van der Waals surface area contributed by atoms with E-state index in [1.807, 2.05) is 4.90 Å². The summed E-state index contributed by atoms with van der Waals surface area (Å²) in [6.45, 7) is 4.92. The monoisotopic (exact) mass is 278 g/mol. The summed E-state index contributed by atoms with van der Waals surface area (Å²) < 4.78 is 38.4. The zero-order valence-corrected chi connectivity index (χ0v) is 11.7. The van der Waals surface area contributed by atoms with Crippen LogP contribution in [0.25, 0.3) is 0 Å². The molecular formula is C14H25F3N2. The average Bonchev–Trinajstić information content (AvgIpc) is 2.77. The summed E-state index contributed by atoms with van der Waals surface area (Å²) in [5, 5.41) is 3.48. The molecule has 1 N–H and O–H groups in total. The number of hydrogen-bond acceptors (Lipinski definition) is 2. The molecule has 0 radical (unpaired) electrons. The van der Waals surface area contributed by atoms with Crippen molar-refractivity contribution in [3.63, 3.8) is 0 Å². The average molecular weight is 278 g/mol. The lowest BCUT2D eigenvalue weighted by Gasteiger charge is -2.36. The van der Waals surface area contributed by atoms with Crippen LogP contribution in [-0.2, 0) is 0 Å². The number of hydrogen-bond donors (Lipinski definition) is 1. The maximum atomic E-state index is 12.8. The van der Waals surface area contributed by atoms with Crippen LogP contribution in [0.5, 0.6) is 0 Å². The van der Waals surface area contributed by atoms with Crippen LogP contribution in [0.2, 0.25) is 0 Å². The van der Waals surface area contributed by atoms with Gasteiger partial charge in [0, 0.05) is 19.1 Å². The number of rotatable bonds is 4. The van der Waals surface area contributed by atoms with Crippen molar-refractivity contribution < 1.29 is 13.2 Å². The van der Waals surface area contributed by atoms with Gasteiger partial charge < -0.3 is 10.2 Å². The first-order chi connectivity index (χ1) is 9.00. The van der Waals surface area contributed by atoms with Crippen LogP contribution < -0.4 is 5.32 Å². The van der Waals surface area contributed by atoms with Crippen molar-refractivity contribution in [3.8, 4) is 0 Å².